The smallest absolute Gasteiger partial charge is 0.0711 e. The lowest BCUT2D eigenvalue weighted by Gasteiger charge is -2.29. The van der Waals surface area contributed by atoms with Crippen molar-refractivity contribution in [1.29, 1.82) is 0 Å². The van der Waals surface area contributed by atoms with Crippen molar-refractivity contribution in [2.24, 2.45) is 4.99 Å². The van der Waals surface area contributed by atoms with Crippen LogP contribution in [0.5, 0.6) is 0 Å². The Labute approximate surface area is 409 Å². The summed E-state index contributed by atoms with van der Waals surface area (Å²) in [5.74, 6) is 0. The number of pyridine rings is 2. The number of hydrogen-bond acceptors (Lipinski definition) is 4. The largest absolute Gasteiger partial charge is 0.333 e. The van der Waals surface area contributed by atoms with Crippen molar-refractivity contribution in [2.75, 3.05) is 4.90 Å². The molecule has 1 aliphatic carbocycles. The van der Waals surface area contributed by atoms with Gasteiger partial charge in [0, 0.05) is 68.2 Å². The highest BCUT2D eigenvalue weighted by Crippen LogP contribution is 2.49. The standard InChI is InChI=1S/C65H49N5/c1-3-45(43-61(50-29-27-49(28-30-50)60-20-12-14-40-67-60)68-44(2)46-23-25-48(26-24-46)59-19-11-13-39-66-59)47-31-35-54(36-32-47)70-63-22-10-8-18-56(63)58-42-52(34-38-65(58)70)51-33-37-64-57(41-51)55-17-7-9-21-62(55)69(64)53-15-5-4-6-16-53/h3-36,38-43,64H,37H2,1-2H3/b45-3+,61-43-,68-44?. The fourth-order valence-corrected chi connectivity index (χ4v) is 10.3. The molecular formula is C65H49N5. The predicted octanol–water partition coefficient (Wildman–Crippen LogP) is 16.3. The van der Waals surface area contributed by atoms with E-state index in [1.165, 1.54) is 55.5 Å². The Hall–Kier alpha value is -8.93. The van der Waals surface area contributed by atoms with Gasteiger partial charge >= 0.3 is 0 Å². The predicted molar refractivity (Wildman–Crippen MR) is 293 cm³/mol. The van der Waals surface area contributed by atoms with Crippen LogP contribution < -0.4 is 4.90 Å². The van der Waals surface area contributed by atoms with Gasteiger partial charge in [-0.05, 0) is 139 Å². The van der Waals surface area contributed by atoms with Gasteiger partial charge in [0.2, 0.25) is 0 Å². The highest BCUT2D eigenvalue weighted by molar-refractivity contribution is 6.11. The molecule has 5 nitrogen and oxygen atoms in total. The van der Waals surface area contributed by atoms with Crippen molar-refractivity contribution in [3.8, 4) is 28.2 Å². The van der Waals surface area contributed by atoms with E-state index in [0.717, 1.165) is 68.3 Å². The summed E-state index contributed by atoms with van der Waals surface area (Å²) < 4.78 is 2.40. The summed E-state index contributed by atoms with van der Waals surface area (Å²) >= 11 is 0. The van der Waals surface area contributed by atoms with Crippen LogP contribution in [-0.2, 0) is 0 Å². The molecule has 0 saturated carbocycles. The molecule has 7 aromatic carbocycles. The van der Waals surface area contributed by atoms with Gasteiger partial charge in [0.25, 0.3) is 0 Å². The highest BCUT2D eigenvalue weighted by atomic mass is 15.2. The fraction of sp³-hybridized carbons (Fsp3) is 0.0615. The van der Waals surface area contributed by atoms with Gasteiger partial charge in [-0.1, -0.05) is 146 Å². The van der Waals surface area contributed by atoms with Crippen LogP contribution in [0.3, 0.4) is 0 Å². The second-order valence-electron chi connectivity index (χ2n) is 17.9. The molecular weight excluding hydrogens is 851 g/mol. The minimum absolute atomic E-state index is 0.269. The summed E-state index contributed by atoms with van der Waals surface area (Å²) in [7, 11) is 0. The third-order valence-corrected chi connectivity index (χ3v) is 13.8. The van der Waals surface area contributed by atoms with E-state index in [1.54, 1.807) is 0 Å². The number of aliphatic imine (C=N–C) groups is 1. The van der Waals surface area contributed by atoms with Crippen molar-refractivity contribution in [3.63, 3.8) is 0 Å². The number of benzene rings is 7. The number of anilines is 2. The van der Waals surface area contributed by atoms with Crippen LogP contribution in [0.25, 0.3) is 72.4 Å². The van der Waals surface area contributed by atoms with Gasteiger partial charge in [-0.3, -0.25) is 15.0 Å². The third kappa shape index (κ3) is 7.87. The molecule has 0 bridgehead atoms. The first-order valence-electron chi connectivity index (χ1n) is 24.0. The molecule has 5 heteroatoms. The summed E-state index contributed by atoms with van der Waals surface area (Å²) in [6.07, 6.45) is 13.8. The van der Waals surface area contributed by atoms with Gasteiger partial charge in [0.15, 0.2) is 0 Å². The van der Waals surface area contributed by atoms with E-state index >= 15 is 0 Å². The fourth-order valence-electron chi connectivity index (χ4n) is 10.3. The Balaban J connectivity index is 0.873. The lowest BCUT2D eigenvalue weighted by molar-refractivity contribution is 0.831. The van der Waals surface area contributed by atoms with Crippen molar-refractivity contribution in [2.45, 2.75) is 26.3 Å². The molecule has 1 atom stereocenters. The molecule has 0 fully saturated rings. The van der Waals surface area contributed by atoms with Gasteiger partial charge in [-0.2, -0.15) is 0 Å². The molecule has 70 heavy (non-hydrogen) atoms. The topological polar surface area (TPSA) is 46.3 Å². The molecule has 0 N–H and O–H groups in total. The number of aromatic nitrogens is 3. The van der Waals surface area contributed by atoms with Gasteiger partial charge in [-0.15, -0.1) is 0 Å². The Kier molecular flexibility index (Phi) is 11.1. The van der Waals surface area contributed by atoms with Crippen LogP contribution in [0.4, 0.5) is 11.4 Å². The van der Waals surface area contributed by atoms with E-state index in [9.17, 15) is 0 Å². The molecule has 3 aromatic heterocycles. The molecule has 334 valence electrons. The molecule has 0 saturated heterocycles. The molecule has 0 radical (unpaired) electrons. The molecule has 0 amide bonds. The van der Waals surface area contributed by atoms with Crippen molar-refractivity contribution >= 4 is 61.3 Å². The highest BCUT2D eigenvalue weighted by Gasteiger charge is 2.35. The Morgan fingerprint density at radius 1 is 0.557 bits per heavy atom. The molecule has 10 aromatic rings. The first-order chi connectivity index (χ1) is 34.6. The van der Waals surface area contributed by atoms with Crippen LogP contribution in [0.15, 0.2) is 248 Å². The molecule has 12 rings (SSSR count). The number of hydrogen-bond donors (Lipinski definition) is 0. The van der Waals surface area contributed by atoms with Gasteiger partial charge < -0.3 is 9.47 Å². The Bertz CT molecular complexity index is 3710. The zero-order chi connectivity index (χ0) is 47.0. The second-order valence-corrected chi connectivity index (χ2v) is 17.9. The van der Waals surface area contributed by atoms with Crippen molar-refractivity contribution in [1.82, 2.24) is 14.5 Å². The maximum absolute atomic E-state index is 5.34. The summed E-state index contributed by atoms with van der Waals surface area (Å²) in [4.78, 5) is 17.0. The van der Waals surface area contributed by atoms with Gasteiger partial charge in [-0.25, -0.2) is 0 Å². The molecule has 1 unspecified atom stereocenters. The zero-order valence-electron chi connectivity index (χ0n) is 39.1. The number of rotatable bonds is 10. The number of fused-ring (bicyclic) bond motifs is 6. The summed E-state index contributed by atoms with van der Waals surface area (Å²) in [6.45, 7) is 4.18. The van der Waals surface area contributed by atoms with Crippen molar-refractivity contribution < 1.29 is 0 Å². The first kappa shape index (κ1) is 42.4. The van der Waals surface area contributed by atoms with E-state index in [-0.39, 0.29) is 6.04 Å². The number of nitrogens with zero attached hydrogens (tertiary/aromatic N) is 5. The number of allylic oxidation sites excluding steroid dienone is 5. The maximum atomic E-state index is 5.34. The Morgan fingerprint density at radius 3 is 1.87 bits per heavy atom. The lowest BCUT2D eigenvalue weighted by Crippen LogP contribution is -2.27. The van der Waals surface area contributed by atoms with E-state index in [2.05, 4.69) is 227 Å². The van der Waals surface area contributed by atoms with E-state index in [4.69, 9.17) is 4.99 Å². The van der Waals surface area contributed by atoms with Crippen LogP contribution in [0, 0.1) is 0 Å². The zero-order valence-corrected chi connectivity index (χ0v) is 39.1. The van der Waals surface area contributed by atoms with E-state index in [0.29, 0.717) is 0 Å². The van der Waals surface area contributed by atoms with Gasteiger partial charge in [0.05, 0.1) is 34.2 Å². The minimum atomic E-state index is 0.269. The summed E-state index contributed by atoms with van der Waals surface area (Å²) in [6, 6.07) is 73.7. The molecule has 1 aliphatic heterocycles. The van der Waals surface area contributed by atoms with E-state index in [1.807, 2.05) is 48.8 Å². The van der Waals surface area contributed by atoms with Crippen LogP contribution in [0.1, 0.15) is 48.1 Å². The second kappa shape index (κ2) is 18.3. The summed E-state index contributed by atoms with van der Waals surface area (Å²) in [5.41, 5.74) is 21.3. The molecule has 0 spiro atoms. The average Bonchev–Trinajstić information content (AvgIpc) is 3.95. The van der Waals surface area contributed by atoms with Crippen LogP contribution >= 0.6 is 0 Å². The lowest BCUT2D eigenvalue weighted by atomic mass is 9.89. The third-order valence-electron chi connectivity index (χ3n) is 13.8. The summed E-state index contributed by atoms with van der Waals surface area (Å²) in [5, 5.41) is 2.48. The molecule has 4 heterocycles. The quantitative estimate of drug-likeness (QED) is 0.101. The van der Waals surface area contributed by atoms with E-state index < -0.39 is 0 Å². The molecule has 2 aliphatic rings. The normalized spacial score (nSPS) is 14.9. The average molecular weight is 900 g/mol. The number of para-hydroxylation sites is 3. The Morgan fingerprint density at radius 2 is 1.17 bits per heavy atom. The van der Waals surface area contributed by atoms with Crippen molar-refractivity contribution in [3.05, 3.63) is 271 Å². The van der Waals surface area contributed by atoms with Crippen LogP contribution in [-0.4, -0.2) is 26.3 Å². The monoisotopic (exact) mass is 899 g/mol. The maximum Gasteiger partial charge on any atom is 0.0711 e. The van der Waals surface area contributed by atoms with Gasteiger partial charge in [0.1, 0.15) is 0 Å². The SMILES string of the molecule is C/C=C(\C=C(/N=C(C)c1ccc(-c2ccccn2)cc1)c1ccc(-c2ccccn2)cc1)c1ccc(-n2c3ccccc3c3cc(C4=CCC5C(=C4)c4ccccc4N5c4ccccc4)ccc32)cc1. The van der Waals surface area contributed by atoms with Crippen LogP contribution in [0.2, 0.25) is 0 Å². The minimum Gasteiger partial charge on any atom is -0.333 e. The first-order valence-corrected chi connectivity index (χ1v) is 24.0.